The summed E-state index contributed by atoms with van der Waals surface area (Å²) in [5.74, 6) is 1.87. The molecule has 1 N–H and O–H groups in total. The molecule has 1 amide bonds. The number of hydrogen-bond acceptors (Lipinski definition) is 4. The fourth-order valence-electron chi connectivity index (χ4n) is 1.70. The summed E-state index contributed by atoms with van der Waals surface area (Å²) in [7, 11) is 6.19. The fourth-order valence-corrected chi connectivity index (χ4v) is 1.70. The second-order valence-electron chi connectivity index (χ2n) is 3.96. The summed E-state index contributed by atoms with van der Waals surface area (Å²) < 4.78 is 15.7. The van der Waals surface area contributed by atoms with Crippen LogP contribution < -0.4 is 14.2 Å². The Bertz CT molecular complexity index is 422. The monoisotopic (exact) mass is 269 g/mol. The van der Waals surface area contributed by atoms with Gasteiger partial charge >= 0.3 is 6.09 Å². The molecule has 1 rings (SSSR count). The van der Waals surface area contributed by atoms with Crippen LogP contribution in [0.2, 0.25) is 0 Å². The van der Waals surface area contributed by atoms with Gasteiger partial charge in [-0.05, 0) is 6.42 Å². The molecule has 0 heterocycles. The Kier molecular flexibility index (Phi) is 5.29. The molecule has 0 saturated carbocycles. The SMILES string of the molecule is COc1cc(OC)c(CCN(C)C(=O)O)c(OC)c1. The number of benzene rings is 1. The summed E-state index contributed by atoms with van der Waals surface area (Å²) >= 11 is 0. The van der Waals surface area contributed by atoms with Crippen LogP contribution in [0.15, 0.2) is 12.1 Å². The molecule has 1 aromatic carbocycles. The first-order valence-electron chi connectivity index (χ1n) is 5.76. The highest BCUT2D eigenvalue weighted by molar-refractivity contribution is 5.64. The van der Waals surface area contributed by atoms with Crippen molar-refractivity contribution in [2.24, 2.45) is 0 Å². The highest BCUT2D eigenvalue weighted by atomic mass is 16.5. The van der Waals surface area contributed by atoms with E-state index in [2.05, 4.69) is 0 Å². The first-order chi connectivity index (χ1) is 9.03. The average molecular weight is 269 g/mol. The van der Waals surface area contributed by atoms with Gasteiger partial charge in [0.1, 0.15) is 17.2 Å². The third kappa shape index (κ3) is 3.67. The number of amides is 1. The number of methoxy groups -OCH3 is 3. The Balaban J connectivity index is 3.00. The van der Waals surface area contributed by atoms with Gasteiger partial charge < -0.3 is 24.2 Å². The zero-order valence-electron chi connectivity index (χ0n) is 11.6. The molecule has 0 fully saturated rings. The summed E-state index contributed by atoms with van der Waals surface area (Å²) in [6, 6.07) is 3.50. The first kappa shape index (κ1) is 14.9. The molecular formula is C13H19NO5. The van der Waals surface area contributed by atoms with Crippen molar-refractivity contribution in [3.63, 3.8) is 0 Å². The normalized spacial score (nSPS) is 9.89. The first-order valence-corrected chi connectivity index (χ1v) is 5.76. The number of carbonyl (C=O) groups is 1. The van der Waals surface area contributed by atoms with Crippen LogP contribution in [-0.2, 0) is 6.42 Å². The second kappa shape index (κ2) is 6.72. The van der Waals surface area contributed by atoms with Gasteiger partial charge in [-0.15, -0.1) is 0 Å². The van der Waals surface area contributed by atoms with E-state index in [1.54, 1.807) is 33.5 Å². The summed E-state index contributed by atoms with van der Waals surface area (Å²) in [5.41, 5.74) is 0.818. The van der Waals surface area contributed by atoms with Gasteiger partial charge in [0.05, 0.1) is 21.3 Å². The molecule has 0 atom stereocenters. The number of nitrogens with zero attached hydrogens (tertiary/aromatic N) is 1. The molecule has 0 aliphatic carbocycles. The largest absolute Gasteiger partial charge is 0.496 e. The van der Waals surface area contributed by atoms with Gasteiger partial charge in [-0.2, -0.15) is 0 Å². The number of likely N-dealkylation sites (N-methyl/N-ethyl adjacent to an activating group) is 1. The zero-order valence-corrected chi connectivity index (χ0v) is 11.6. The Morgan fingerprint density at radius 2 is 1.68 bits per heavy atom. The van der Waals surface area contributed by atoms with E-state index in [1.165, 1.54) is 11.9 Å². The summed E-state index contributed by atoms with van der Waals surface area (Å²) in [5, 5.41) is 8.84. The Labute approximate surface area is 112 Å². The lowest BCUT2D eigenvalue weighted by molar-refractivity contribution is 0.156. The molecule has 6 nitrogen and oxygen atoms in total. The van der Waals surface area contributed by atoms with E-state index in [9.17, 15) is 4.79 Å². The van der Waals surface area contributed by atoms with Gasteiger partial charge in [-0.3, -0.25) is 0 Å². The van der Waals surface area contributed by atoms with Crippen molar-refractivity contribution in [1.82, 2.24) is 4.90 Å². The van der Waals surface area contributed by atoms with E-state index >= 15 is 0 Å². The number of rotatable bonds is 6. The van der Waals surface area contributed by atoms with E-state index in [1.807, 2.05) is 0 Å². The number of ether oxygens (including phenoxy) is 3. The molecule has 0 unspecified atom stereocenters. The molecule has 0 saturated heterocycles. The molecule has 1 aromatic rings. The fraction of sp³-hybridized carbons (Fsp3) is 0.462. The minimum Gasteiger partial charge on any atom is -0.496 e. The Morgan fingerprint density at radius 1 is 1.16 bits per heavy atom. The van der Waals surface area contributed by atoms with Crippen LogP contribution >= 0.6 is 0 Å². The molecule has 0 radical (unpaired) electrons. The van der Waals surface area contributed by atoms with Gasteiger partial charge in [0, 0.05) is 31.3 Å². The van der Waals surface area contributed by atoms with Crippen LogP contribution in [0.5, 0.6) is 17.2 Å². The highest BCUT2D eigenvalue weighted by Crippen LogP contribution is 2.34. The molecule has 0 aromatic heterocycles. The molecule has 0 spiro atoms. The molecule has 19 heavy (non-hydrogen) atoms. The maximum Gasteiger partial charge on any atom is 0.407 e. The number of carboxylic acid groups (broad SMARTS) is 1. The van der Waals surface area contributed by atoms with E-state index in [4.69, 9.17) is 19.3 Å². The van der Waals surface area contributed by atoms with Gasteiger partial charge in [0.15, 0.2) is 0 Å². The maximum atomic E-state index is 10.8. The van der Waals surface area contributed by atoms with Crippen molar-refractivity contribution in [1.29, 1.82) is 0 Å². The van der Waals surface area contributed by atoms with Crippen LogP contribution in [0.3, 0.4) is 0 Å². The predicted octanol–water partition coefficient (Wildman–Crippen LogP) is 1.86. The second-order valence-corrected chi connectivity index (χ2v) is 3.96. The Morgan fingerprint density at radius 3 is 2.05 bits per heavy atom. The third-order valence-electron chi connectivity index (χ3n) is 2.84. The molecule has 0 bridgehead atoms. The predicted molar refractivity (Wildman–Crippen MR) is 70.5 cm³/mol. The maximum absolute atomic E-state index is 10.8. The van der Waals surface area contributed by atoms with E-state index < -0.39 is 6.09 Å². The van der Waals surface area contributed by atoms with Crippen LogP contribution in [-0.4, -0.2) is 51.0 Å². The van der Waals surface area contributed by atoms with E-state index in [-0.39, 0.29) is 0 Å². The van der Waals surface area contributed by atoms with E-state index in [0.717, 1.165) is 5.56 Å². The van der Waals surface area contributed by atoms with Crippen molar-refractivity contribution < 1.29 is 24.1 Å². The molecule has 106 valence electrons. The minimum absolute atomic E-state index is 0.356. The van der Waals surface area contributed by atoms with Crippen LogP contribution in [0.25, 0.3) is 0 Å². The van der Waals surface area contributed by atoms with Gasteiger partial charge in [-0.25, -0.2) is 4.79 Å². The molecule has 6 heteroatoms. The van der Waals surface area contributed by atoms with Crippen LogP contribution in [0.4, 0.5) is 4.79 Å². The third-order valence-corrected chi connectivity index (χ3v) is 2.84. The summed E-state index contributed by atoms with van der Waals surface area (Å²) in [4.78, 5) is 12.0. The topological polar surface area (TPSA) is 68.2 Å². The van der Waals surface area contributed by atoms with Gasteiger partial charge in [-0.1, -0.05) is 0 Å². The van der Waals surface area contributed by atoms with Crippen molar-refractivity contribution in [2.75, 3.05) is 34.9 Å². The van der Waals surface area contributed by atoms with E-state index in [0.29, 0.717) is 30.2 Å². The standard InChI is InChI=1S/C13H19NO5/c1-14(13(15)16)6-5-10-11(18-3)7-9(17-2)8-12(10)19-4/h7-8H,5-6H2,1-4H3,(H,15,16). The summed E-state index contributed by atoms with van der Waals surface area (Å²) in [6.07, 6.45) is -0.467. The Hall–Kier alpha value is -2.11. The quantitative estimate of drug-likeness (QED) is 0.853. The molecular weight excluding hydrogens is 250 g/mol. The van der Waals surface area contributed by atoms with Crippen molar-refractivity contribution >= 4 is 6.09 Å². The minimum atomic E-state index is -0.966. The lowest BCUT2D eigenvalue weighted by Gasteiger charge is -2.17. The lowest BCUT2D eigenvalue weighted by Crippen LogP contribution is -2.27. The van der Waals surface area contributed by atoms with Crippen LogP contribution in [0.1, 0.15) is 5.56 Å². The highest BCUT2D eigenvalue weighted by Gasteiger charge is 2.15. The van der Waals surface area contributed by atoms with Gasteiger partial charge in [0.25, 0.3) is 0 Å². The van der Waals surface area contributed by atoms with Crippen LogP contribution in [0, 0.1) is 0 Å². The molecule has 0 aliphatic rings. The smallest absolute Gasteiger partial charge is 0.407 e. The van der Waals surface area contributed by atoms with Crippen molar-refractivity contribution in [3.8, 4) is 17.2 Å². The lowest BCUT2D eigenvalue weighted by atomic mass is 10.1. The van der Waals surface area contributed by atoms with Crippen molar-refractivity contribution in [3.05, 3.63) is 17.7 Å². The summed E-state index contributed by atoms with van der Waals surface area (Å²) in [6.45, 7) is 0.356. The van der Waals surface area contributed by atoms with Gasteiger partial charge in [0.2, 0.25) is 0 Å². The average Bonchev–Trinajstić information content (AvgIpc) is 2.43. The zero-order chi connectivity index (χ0) is 14.4. The van der Waals surface area contributed by atoms with Crippen molar-refractivity contribution in [2.45, 2.75) is 6.42 Å². The number of hydrogen-bond donors (Lipinski definition) is 1. The molecule has 0 aliphatic heterocycles.